The average Bonchev–Trinajstić information content (AvgIpc) is 2.11. The van der Waals surface area contributed by atoms with Gasteiger partial charge in [-0.2, -0.15) is 0 Å². The zero-order valence-electron chi connectivity index (χ0n) is 9.84. The molecule has 0 bridgehead atoms. The van der Waals surface area contributed by atoms with Gasteiger partial charge in [-0.05, 0) is 18.3 Å². The van der Waals surface area contributed by atoms with E-state index in [1.54, 1.807) is 0 Å². The zero-order chi connectivity index (χ0) is 11.9. The molecule has 86 valence electrons. The Bertz CT molecular complexity index is 236. The summed E-state index contributed by atoms with van der Waals surface area (Å²) in [6, 6.07) is 0. The van der Waals surface area contributed by atoms with Gasteiger partial charge in [0, 0.05) is 6.42 Å². The number of rotatable bonds is 6. The lowest BCUT2D eigenvalue weighted by Crippen LogP contribution is -2.14. The van der Waals surface area contributed by atoms with Crippen molar-refractivity contribution in [3.05, 3.63) is 12.8 Å². The summed E-state index contributed by atoms with van der Waals surface area (Å²) in [6.45, 7) is 9.68. The molecule has 0 atom stereocenters. The highest BCUT2D eigenvalue weighted by Gasteiger charge is 2.15. The molecule has 0 aromatic heterocycles. The molecule has 0 fully saturated rings. The minimum absolute atomic E-state index is 0.267. The lowest BCUT2D eigenvalue weighted by Gasteiger charge is -2.17. The summed E-state index contributed by atoms with van der Waals surface area (Å²) in [5.41, 5.74) is 0.282. The summed E-state index contributed by atoms with van der Waals surface area (Å²) < 4.78 is 4.38. The third kappa shape index (κ3) is 7.91. The lowest BCUT2D eigenvalue weighted by atomic mass is 9.89. The van der Waals surface area contributed by atoms with Crippen LogP contribution in [0.4, 0.5) is 0 Å². The van der Waals surface area contributed by atoms with Crippen molar-refractivity contribution in [2.24, 2.45) is 5.41 Å². The predicted molar refractivity (Wildman–Crippen MR) is 59.2 cm³/mol. The van der Waals surface area contributed by atoms with E-state index in [4.69, 9.17) is 0 Å². The van der Waals surface area contributed by atoms with Gasteiger partial charge in [-0.1, -0.05) is 33.8 Å². The first-order valence-electron chi connectivity index (χ1n) is 5.21. The number of esters is 1. The summed E-state index contributed by atoms with van der Waals surface area (Å²) >= 11 is 0. The van der Waals surface area contributed by atoms with E-state index in [-0.39, 0.29) is 11.8 Å². The second kappa shape index (κ2) is 6.38. The standard InChI is InChI=1S/C12H20O3/c1-5-15-11(14)10(13)8-6-7-9-12(2,3)4/h5H,1,6-9H2,2-4H3. The molecule has 0 heterocycles. The minimum atomic E-state index is -0.805. The molecule has 0 saturated carbocycles. The van der Waals surface area contributed by atoms with E-state index in [1.807, 2.05) is 0 Å². The highest BCUT2D eigenvalue weighted by molar-refractivity contribution is 6.33. The van der Waals surface area contributed by atoms with Gasteiger partial charge in [0.05, 0.1) is 6.26 Å². The van der Waals surface area contributed by atoms with E-state index < -0.39 is 11.8 Å². The van der Waals surface area contributed by atoms with Crippen LogP contribution in [0.2, 0.25) is 0 Å². The maximum absolute atomic E-state index is 11.1. The van der Waals surface area contributed by atoms with Crippen LogP contribution in [0.25, 0.3) is 0 Å². The second-order valence-electron chi connectivity index (χ2n) is 4.76. The van der Waals surface area contributed by atoms with Crippen LogP contribution in [-0.2, 0) is 14.3 Å². The molecule has 0 aliphatic heterocycles. The smallest absolute Gasteiger partial charge is 0.379 e. The molecule has 0 aliphatic rings. The van der Waals surface area contributed by atoms with Crippen molar-refractivity contribution < 1.29 is 14.3 Å². The van der Waals surface area contributed by atoms with Crippen molar-refractivity contribution >= 4 is 11.8 Å². The molecule has 0 saturated heterocycles. The topological polar surface area (TPSA) is 43.4 Å². The zero-order valence-corrected chi connectivity index (χ0v) is 9.84. The summed E-state index contributed by atoms with van der Waals surface area (Å²) in [4.78, 5) is 22.0. The first-order chi connectivity index (χ1) is 6.87. The Labute approximate surface area is 91.5 Å². The molecule has 0 unspecified atom stereocenters. The Hall–Kier alpha value is -1.12. The van der Waals surface area contributed by atoms with Gasteiger partial charge < -0.3 is 4.74 Å². The Morgan fingerprint density at radius 1 is 1.27 bits per heavy atom. The number of carbonyl (C=O) groups excluding carboxylic acids is 2. The van der Waals surface area contributed by atoms with Crippen LogP contribution in [0, 0.1) is 5.41 Å². The summed E-state index contributed by atoms with van der Waals surface area (Å²) in [5.74, 6) is -1.27. The van der Waals surface area contributed by atoms with Crippen LogP contribution < -0.4 is 0 Å². The number of hydrogen-bond acceptors (Lipinski definition) is 3. The fourth-order valence-corrected chi connectivity index (χ4v) is 1.18. The Morgan fingerprint density at radius 3 is 2.33 bits per heavy atom. The van der Waals surface area contributed by atoms with Crippen LogP contribution in [-0.4, -0.2) is 11.8 Å². The van der Waals surface area contributed by atoms with Crippen LogP contribution in [0.5, 0.6) is 0 Å². The van der Waals surface area contributed by atoms with Crippen molar-refractivity contribution in [2.45, 2.75) is 46.5 Å². The molecule has 0 N–H and O–H groups in total. The van der Waals surface area contributed by atoms with Gasteiger partial charge in [0.15, 0.2) is 0 Å². The number of unbranched alkanes of at least 4 members (excludes halogenated alkanes) is 1. The number of hydrogen-bond donors (Lipinski definition) is 0. The van der Waals surface area contributed by atoms with Crippen LogP contribution in [0.15, 0.2) is 12.8 Å². The molecule has 3 heteroatoms. The Morgan fingerprint density at radius 2 is 1.87 bits per heavy atom. The number of ether oxygens (including phenoxy) is 1. The first kappa shape index (κ1) is 13.9. The largest absolute Gasteiger partial charge is 0.429 e. The van der Waals surface area contributed by atoms with Gasteiger partial charge in [-0.25, -0.2) is 4.79 Å². The maximum atomic E-state index is 11.1. The number of carbonyl (C=O) groups is 2. The fourth-order valence-electron chi connectivity index (χ4n) is 1.18. The molecule has 0 spiro atoms. The van der Waals surface area contributed by atoms with Crippen molar-refractivity contribution in [3.8, 4) is 0 Å². The van der Waals surface area contributed by atoms with Crippen molar-refractivity contribution in [3.63, 3.8) is 0 Å². The maximum Gasteiger partial charge on any atom is 0.379 e. The third-order valence-corrected chi connectivity index (χ3v) is 2.00. The van der Waals surface area contributed by atoms with Crippen LogP contribution in [0.1, 0.15) is 46.5 Å². The van der Waals surface area contributed by atoms with E-state index in [1.165, 1.54) is 0 Å². The fraction of sp³-hybridized carbons (Fsp3) is 0.667. The van der Waals surface area contributed by atoms with E-state index in [2.05, 4.69) is 32.1 Å². The molecule has 0 amide bonds. The Kier molecular flexibility index (Phi) is 5.90. The molecule has 0 rings (SSSR count). The van der Waals surface area contributed by atoms with Crippen LogP contribution in [0.3, 0.4) is 0 Å². The molecule has 0 aromatic carbocycles. The molecule has 0 radical (unpaired) electrons. The Balaban J connectivity index is 3.64. The van der Waals surface area contributed by atoms with E-state index in [0.717, 1.165) is 25.5 Å². The normalized spacial score (nSPS) is 10.9. The summed E-state index contributed by atoms with van der Waals surface area (Å²) in [6.07, 6.45) is 3.99. The van der Waals surface area contributed by atoms with Gasteiger partial charge in [0.1, 0.15) is 0 Å². The number of Topliss-reactive ketones (excluding diaryl/α,β-unsaturated/α-hetero) is 1. The summed E-state index contributed by atoms with van der Waals surface area (Å²) in [7, 11) is 0. The van der Waals surface area contributed by atoms with Gasteiger partial charge >= 0.3 is 5.97 Å². The molecule has 0 aromatic rings. The van der Waals surface area contributed by atoms with Gasteiger partial charge in [-0.3, -0.25) is 4.79 Å². The molecular formula is C12H20O3. The van der Waals surface area contributed by atoms with Gasteiger partial charge in [0.25, 0.3) is 0 Å². The van der Waals surface area contributed by atoms with E-state index >= 15 is 0 Å². The van der Waals surface area contributed by atoms with Crippen molar-refractivity contribution in [1.29, 1.82) is 0 Å². The van der Waals surface area contributed by atoms with Gasteiger partial charge in [0.2, 0.25) is 5.78 Å². The van der Waals surface area contributed by atoms with Crippen LogP contribution >= 0.6 is 0 Å². The third-order valence-electron chi connectivity index (χ3n) is 2.00. The first-order valence-corrected chi connectivity index (χ1v) is 5.21. The van der Waals surface area contributed by atoms with Crippen molar-refractivity contribution in [1.82, 2.24) is 0 Å². The van der Waals surface area contributed by atoms with Crippen molar-refractivity contribution in [2.75, 3.05) is 0 Å². The molecule has 15 heavy (non-hydrogen) atoms. The SMILES string of the molecule is C=COC(=O)C(=O)CCCCC(C)(C)C. The van der Waals surface area contributed by atoms with E-state index in [0.29, 0.717) is 0 Å². The quantitative estimate of drug-likeness (QED) is 0.294. The molecular weight excluding hydrogens is 192 g/mol. The second-order valence-corrected chi connectivity index (χ2v) is 4.76. The lowest BCUT2D eigenvalue weighted by molar-refractivity contribution is -0.149. The monoisotopic (exact) mass is 212 g/mol. The predicted octanol–water partition coefficient (Wildman–Crippen LogP) is 2.85. The number of ketones is 1. The molecule has 3 nitrogen and oxygen atoms in total. The van der Waals surface area contributed by atoms with E-state index in [9.17, 15) is 9.59 Å². The average molecular weight is 212 g/mol. The molecule has 0 aliphatic carbocycles. The summed E-state index contributed by atoms with van der Waals surface area (Å²) in [5, 5.41) is 0. The van der Waals surface area contributed by atoms with Gasteiger partial charge in [-0.15, -0.1) is 0 Å². The minimum Gasteiger partial charge on any atom is -0.429 e. The highest BCUT2D eigenvalue weighted by atomic mass is 16.5. The highest BCUT2D eigenvalue weighted by Crippen LogP contribution is 2.21.